The maximum Gasteiger partial charge on any atom is 0.261 e. The van der Waals surface area contributed by atoms with Gasteiger partial charge in [0.15, 0.2) is 0 Å². The first-order valence-corrected chi connectivity index (χ1v) is 15.1. The normalized spacial score (nSPS) is 15.5. The van der Waals surface area contributed by atoms with Crippen molar-refractivity contribution in [1.29, 1.82) is 0 Å². The number of benzene rings is 3. The number of aromatic nitrogens is 3. The number of aliphatic imine (C=N–C) groups is 1. The maximum atomic E-state index is 13.0. The fourth-order valence-corrected chi connectivity index (χ4v) is 5.71. The van der Waals surface area contributed by atoms with E-state index in [2.05, 4.69) is 14.9 Å². The van der Waals surface area contributed by atoms with Gasteiger partial charge < -0.3 is 20.1 Å². The van der Waals surface area contributed by atoms with Crippen molar-refractivity contribution in [3.8, 4) is 11.5 Å². The summed E-state index contributed by atoms with van der Waals surface area (Å²) in [6.07, 6.45) is 5.89. The van der Waals surface area contributed by atoms with E-state index in [0.717, 1.165) is 28.2 Å². The molecule has 1 unspecified atom stereocenters. The van der Waals surface area contributed by atoms with Crippen molar-refractivity contribution in [3.05, 3.63) is 119 Å². The Balaban J connectivity index is 1.24. The molecule has 0 aliphatic carbocycles. The second-order valence-corrected chi connectivity index (χ2v) is 11.2. The lowest BCUT2D eigenvalue weighted by Crippen LogP contribution is -2.29. The van der Waals surface area contributed by atoms with Gasteiger partial charge in [0.25, 0.3) is 11.8 Å². The predicted molar refractivity (Wildman–Crippen MR) is 179 cm³/mol. The van der Waals surface area contributed by atoms with Crippen molar-refractivity contribution in [2.24, 2.45) is 10.7 Å². The number of nitrogens with zero attached hydrogens (tertiary/aromatic N) is 6. The summed E-state index contributed by atoms with van der Waals surface area (Å²) < 4.78 is 11.2. The number of hydrogen-bond donors (Lipinski definition) is 1. The van der Waals surface area contributed by atoms with Crippen LogP contribution in [0.4, 0.5) is 11.4 Å². The van der Waals surface area contributed by atoms with Crippen LogP contribution in [0.2, 0.25) is 0 Å². The summed E-state index contributed by atoms with van der Waals surface area (Å²) in [6, 6.07) is 24.0. The molecule has 4 heterocycles. The Bertz CT molecular complexity index is 2040. The molecule has 5 aromatic rings. The second kappa shape index (κ2) is 12.5. The molecule has 1 atom stereocenters. The van der Waals surface area contributed by atoms with Crippen LogP contribution in [0.3, 0.4) is 0 Å². The number of carbonyl (C=O) groups excluding carboxylic acids is 2. The monoisotopic (exact) mass is 625 g/mol. The topological polar surface area (TPSA) is 136 Å². The molecule has 0 saturated heterocycles. The van der Waals surface area contributed by atoms with Gasteiger partial charge in [-0.25, -0.2) is 4.98 Å². The summed E-state index contributed by atoms with van der Waals surface area (Å²) >= 11 is 0. The number of pyridine rings is 1. The molecule has 0 fully saturated rings. The summed E-state index contributed by atoms with van der Waals surface area (Å²) in [4.78, 5) is 48.1. The number of carbonyl (C=O) groups is 2. The van der Waals surface area contributed by atoms with Crippen LogP contribution in [-0.4, -0.2) is 58.3 Å². The maximum absolute atomic E-state index is 13.0. The molecule has 7 rings (SSSR count). The van der Waals surface area contributed by atoms with E-state index in [0.29, 0.717) is 52.5 Å². The van der Waals surface area contributed by atoms with Gasteiger partial charge in [0.1, 0.15) is 17.7 Å². The Morgan fingerprint density at radius 3 is 2.23 bits per heavy atom. The molecule has 0 saturated carbocycles. The quantitative estimate of drug-likeness (QED) is 0.216. The minimum atomic E-state index is -0.322. The highest BCUT2D eigenvalue weighted by Crippen LogP contribution is 2.35. The number of amides is 2. The summed E-state index contributed by atoms with van der Waals surface area (Å²) in [7, 11) is 3.22. The second-order valence-electron chi connectivity index (χ2n) is 11.2. The van der Waals surface area contributed by atoms with Gasteiger partial charge in [-0.3, -0.25) is 29.4 Å². The first kappa shape index (κ1) is 29.8. The third kappa shape index (κ3) is 5.91. The molecule has 0 spiro atoms. The SMILES string of the molecule is COc1cc(OC)cc(N(Cc2cccc(CN3C(=O)c4ccccc4C3=O)n2)c2ccc3ncc(C4=CCC(N)N=C4)nc3c2)c1. The van der Waals surface area contributed by atoms with Crippen LogP contribution in [0.25, 0.3) is 16.6 Å². The Kier molecular flexibility index (Phi) is 7.88. The van der Waals surface area contributed by atoms with Crippen molar-refractivity contribution in [2.75, 3.05) is 19.1 Å². The van der Waals surface area contributed by atoms with E-state index >= 15 is 0 Å². The van der Waals surface area contributed by atoms with E-state index in [1.165, 1.54) is 4.90 Å². The smallest absolute Gasteiger partial charge is 0.261 e. The van der Waals surface area contributed by atoms with Crippen LogP contribution >= 0.6 is 0 Å². The minimum Gasteiger partial charge on any atom is -0.497 e. The average Bonchev–Trinajstić information content (AvgIpc) is 3.35. The molecule has 2 amide bonds. The molecule has 47 heavy (non-hydrogen) atoms. The molecule has 0 bridgehead atoms. The van der Waals surface area contributed by atoms with E-state index in [1.807, 2.05) is 60.7 Å². The highest BCUT2D eigenvalue weighted by Gasteiger charge is 2.35. The number of rotatable bonds is 9. The lowest BCUT2D eigenvalue weighted by Gasteiger charge is -2.26. The van der Waals surface area contributed by atoms with Crippen molar-refractivity contribution in [1.82, 2.24) is 19.9 Å². The Hall–Kier alpha value is -5.94. The zero-order valence-electron chi connectivity index (χ0n) is 25.8. The fourth-order valence-electron chi connectivity index (χ4n) is 5.71. The van der Waals surface area contributed by atoms with Gasteiger partial charge in [-0.1, -0.05) is 24.3 Å². The molecule has 11 nitrogen and oxygen atoms in total. The highest BCUT2D eigenvalue weighted by molar-refractivity contribution is 6.21. The first-order chi connectivity index (χ1) is 22.9. The van der Waals surface area contributed by atoms with Crippen LogP contribution in [0.1, 0.15) is 44.2 Å². The van der Waals surface area contributed by atoms with Crippen molar-refractivity contribution >= 4 is 46.0 Å². The number of ether oxygens (including phenoxy) is 2. The van der Waals surface area contributed by atoms with Crippen molar-refractivity contribution in [2.45, 2.75) is 25.7 Å². The number of nitrogens with two attached hydrogens (primary N) is 1. The molecule has 234 valence electrons. The predicted octanol–water partition coefficient (Wildman–Crippen LogP) is 5.32. The van der Waals surface area contributed by atoms with Gasteiger partial charge in [0.2, 0.25) is 0 Å². The molecule has 0 radical (unpaired) electrons. The minimum absolute atomic E-state index is 0.0611. The van der Waals surface area contributed by atoms with Crippen LogP contribution in [0.15, 0.2) is 96.1 Å². The van der Waals surface area contributed by atoms with E-state index in [1.54, 1.807) is 50.9 Å². The van der Waals surface area contributed by atoms with Crippen LogP contribution < -0.4 is 20.1 Å². The summed E-state index contributed by atoms with van der Waals surface area (Å²) in [5.74, 6) is 0.609. The summed E-state index contributed by atoms with van der Waals surface area (Å²) in [6.45, 7) is 0.409. The zero-order valence-corrected chi connectivity index (χ0v) is 25.8. The lowest BCUT2D eigenvalue weighted by molar-refractivity contribution is 0.0640. The van der Waals surface area contributed by atoms with E-state index in [-0.39, 0.29) is 24.5 Å². The Labute approximate surface area is 271 Å². The molecule has 3 aromatic carbocycles. The van der Waals surface area contributed by atoms with Crippen LogP contribution in [0.5, 0.6) is 11.5 Å². The van der Waals surface area contributed by atoms with Crippen LogP contribution in [-0.2, 0) is 13.1 Å². The molecular formula is C36H31N7O4. The number of dihydropyridines is 1. The van der Waals surface area contributed by atoms with E-state index in [9.17, 15) is 9.59 Å². The van der Waals surface area contributed by atoms with E-state index in [4.69, 9.17) is 25.2 Å². The third-order valence-electron chi connectivity index (χ3n) is 8.15. The summed E-state index contributed by atoms with van der Waals surface area (Å²) in [5.41, 5.74) is 12.7. The number of methoxy groups -OCH3 is 2. The number of hydrogen-bond acceptors (Lipinski definition) is 10. The van der Waals surface area contributed by atoms with Gasteiger partial charge in [0, 0.05) is 47.8 Å². The van der Waals surface area contributed by atoms with Crippen molar-refractivity contribution < 1.29 is 19.1 Å². The van der Waals surface area contributed by atoms with Crippen LogP contribution in [0, 0.1) is 0 Å². The largest absolute Gasteiger partial charge is 0.497 e. The van der Waals surface area contributed by atoms with Gasteiger partial charge in [-0.2, -0.15) is 0 Å². The average molecular weight is 626 g/mol. The molecule has 2 aromatic heterocycles. The van der Waals surface area contributed by atoms with Crippen molar-refractivity contribution in [3.63, 3.8) is 0 Å². The number of allylic oxidation sites excluding steroid dienone is 1. The molecule has 2 aliphatic rings. The summed E-state index contributed by atoms with van der Waals surface area (Å²) in [5, 5.41) is 0. The lowest BCUT2D eigenvalue weighted by atomic mass is 10.1. The van der Waals surface area contributed by atoms with Gasteiger partial charge in [0.05, 0.1) is 72.7 Å². The van der Waals surface area contributed by atoms with E-state index < -0.39 is 0 Å². The zero-order chi connectivity index (χ0) is 32.5. The van der Waals surface area contributed by atoms with Gasteiger partial charge in [-0.15, -0.1) is 0 Å². The first-order valence-electron chi connectivity index (χ1n) is 15.1. The molecular weight excluding hydrogens is 594 g/mol. The molecule has 11 heteroatoms. The number of anilines is 2. The van der Waals surface area contributed by atoms with Gasteiger partial charge >= 0.3 is 0 Å². The number of fused-ring (bicyclic) bond motifs is 2. The third-order valence-corrected chi connectivity index (χ3v) is 8.15. The molecule has 2 N–H and O–H groups in total. The number of imide groups is 1. The molecule has 2 aliphatic heterocycles. The fraction of sp³-hybridized carbons (Fsp3) is 0.167. The standard InChI is InChI=1S/C36H31N7O4/c1-46-27-14-26(15-28(17-27)47-2)42(25-11-12-31-32(16-25)41-33(19-38-31)22-10-13-34(37)39-18-22)20-23-6-5-7-24(40-23)21-43-35(44)29-8-3-4-9-30(29)36(43)45/h3-12,14-19,34H,13,20-21,37H2,1-2H3. The Morgan fingerprint density at radius 1 is 0.830 bits per heavy atom. The highest BCUT2D eigenvalue weighted by atomic mass is 16.5. The van der Waals surface area contributed by atoms with Gasteiger partial charge in [-0.05, 0) is 42.5 Å². The Morgan fingerprint density at radius 2 is 1.55 bits per heavy atom.